The molecule has 0 unspecified atom stereocenters. The molecule has 0 aliphatic rings. The molecule has 2 amide bonds. The number of carbonyl (C=O) groups excluding carboxylic acids is 2. The maximum atomic E-state index is 12.9. The van der Waals surface area contributed by atoms with E-state index < -0.39 is 12.0 Å². The smallest absolute Gasteiger partial charge is 0.352 e. The van der Waals surface area contributed by atoms with Crippen LogP contribution in [0.25, 0.3) is 5.78 Å². The Morgan fingerprint density at radius 1 is 1.03 bits per heavy atom. The van der Waals surface area contributed by atoms with Crippen molar-refractivity contribution in [3.05, 3.63) is 52.6 Å². The molecule has 176 valence electrons. The van der Waals surface area contributed by atoms with Gasteiger partial charge in [-0.25, -0.2) is 9.50 Å². The number of benzene rings is 1. The third-order valence-corrected chi connectivity index (χ3v) is 5.11. The molecule has 2 N–H and O–H groups in total. The summed E-state index contributed by atoms with van der Waals surface area (Å²) < 4.78 is 39.8. The first-order chi connectivity index (χ1) is 15.6. The van der Waals surface area contributed by atoms with Gasteiger partial charge in [-0.1, -0.05) is 19.1 Å². The zero-order valence-electron chi connectivity index (χ0n) is 18.6. The van der Waals surface area contributed by atoms with Crippen LogP contribution in [0.3, 0.4) is 0 Å². The van der Waals surface area contributed by atoms with E-state index in [1.165, 1.54) is 0 Å². The second kappa shape index (κ2) is 9.97. The molecule has 0 spiro atoms. The predicted octanol–water partition coefficient (Wildman–Crippen LogP) is 3.75. The Morgan fingerprint density at radius 3 is 2.36 bits per heavy atom. The van der Waals surface area contributed by atoms with E-state index in [1.807, 2.05) is 19.1 Å². The summed E-state index contributed by atoms with van der Waals surface area (Å²) in [6.07, 6.45) is -2.99. The van der Waals surface area contributed by atoms with Crippen LogP contribution in [0, 0.1) is 13.8 Å². The maximum absolute atomic E-state index is 12.9. The van der Waals surface area contributed by atoms with Gasteiger partial charge < -0.3 is 10.6 Å². The zero-order chi connectivity index (χ0) is 24.2. The minimum absolute atomic E-state index is 0.0441. The van der Waals surface area contributed by atoms with E-state index in [0.29, 0.717) is 42.0 Å². The van der Waals surface area contributed by atoms with E-state index in [9.17, 15) is 22.8 Å². The van der Waals surface area contributed by atoms with E-state index in [4.69, 9.17) is 0 Å². The summed E-state index contributed by atoms with van der Waals surface area (Å²) in [5, 5.41) is 9.13. The highest BCUT2D eigenvalue weighted by atomic mass is 19.4. The van der Waals surface area contributed by atoms with Crippen molar-refractivity contribution in [1.82, 2.24) is 24.9 Å². The lowest BCUT2D eigenvalue weighted by molar-refractivity contribution is -0.144. The molecular weight excluding hydrogens is 437 g/mol. The van der Waals surface area contributed by atoms with Crippen molar-refractivity contribution in [1.29, 1.82) is 0 Å². The van der Waals surface area contributed by atoms with Crippen molar-refractivity contribution < 1.29 is 22.8 Å². The Balaban J connectivity index is 1.58. The van der Waals surface area contributed by atoms with Crippen molar-refractivity contribution in [2.45, 2.75) is 59.2 Å². The number of fused-ring (bicyclic) bond motifs is 1. The number of anilines is 1. The summed E-state index contributed by atoms with van der Waals surface area (Å²) in [7, 11) is 0. The molecule has 2 heterocycles. The molecule has 3 aromatic rings. The van der Waals surface area contributed by atoms with Crippen LogP contribution in [0.4, 0.5) is 18.9 Å². The molecule has 0 radical (unpaired) electrons. The molecule has 8 nitrogen and oxygen atoms in total. The van der Waals surface area contributed by atoms with Crippen LogP contribution in [-0.4, -0.2) is 31.4 Å². The summed E-state index contributed by atoms with van der Waals surface area (Å²) in [6.45, 7) is 5.55. The van der Waals surface area contributed by atoms with E-state index in [0.717, 1.165) is 16.5 Å². The molecule has 1 aromatic carbocycles. The van der Waals surface area contributed by atoms with Crippen LogP contribution in [0.5, 0.6) is 0 Å². The molecule has 2 aromatic heterocycles. The Kier molecular flexibility index (Phi) is 7.29. The van der Waals surface area contributed by atoms with E-state index in [1.54, 1.807) is 26.0 Å². The number of aromatic nitrogens is 4. The van der Waals surface area contributed by atoms with Gasteiger partial charge in [-0.15, -0.1) is 5.10 Å². The van der Waals surface area contributed by atoms with Crippen molar-refractivity contribution >= 4 is 23.3 Å². The number of aryl methyl sites for hydroxylation is 2. The number of amides is 2. The van der Waals surface area contributed by atoms with E-state index in [-0.39, 0.29) is 24.0 Å². The fourth-order valence-electron chi connectivity index (χ4n) is 3.37. The topological polar surface area (TPSA) is 101 Å². The fourth-order valence-corrected chi connectivity index (χ4v) is 3.37. The van der Waals surface area contributed by atoms with Crippen molar-refractivity contribution in [2.24, 2.45) is 0 Å². The average Bonchev–Trinajstić information content (AvgIpc) is 3.18. The summed E-state index contributed by atoms with van der Waals surface area (Å²) in [4.78, 5) is 31.5. The van der Waals surface area contributed by atoms with E-state index >= 15 is 0 Å². The maximum Gasteiger partial charge on any atom is 0.453 e. The largest absolute Gasteiger partial charge is 0.453 e. The fraction of sp³-hybridized carbons (Fsp3) is 0.409. The van der Waals surface area contributed by atoms with Crippen LogP contribution in [0.15, 0.2) is 24.3 Å². The second-order valence-corrected chi connectivity index (χ2v) is 7.68. The molecule has 0 saturated heterocycles. The zero-order valence-corrected chi connectivity index (χ0v) is 18.6. The standard InChI is InChI=1S/C22H25F3N6O2/c1-4-5-19(33)28-16-8-6-15(7-9-16)12-26-18(32)11-10-17-13(2)27-21-29-20(22(23,24)25)30-31(21)14(17)3/h6-9H,4-5,10-12H2,1-3H3,(H,26,32)(H,28,33). The van der Waals surface area contributed by atoms with Gasteiger partial charge in [-0.2, -0.15) is 18.2 Å². The van der Waals surface area contributed by atoms with Gasteiger partial charge in [-0.05, 0) is 49.9 Å². The van der Waals surface area contributed by atoms with Crippen molar-refractivity contribution in [3.63, 3.8) is 0 Å². The summed E-state index contributed by atoms with van der Waals surface area (Å²) in [5.41, 5.74) is 3.20. The first-order valence-corrected chi connectivity index (χ1v) is 10.5. The summed E-state index contributed by atoms with van der Waals surface area (Å²) in [6, 6.07) is 7.18. The highest BCUT2D eigenvalue weighted by Crippen LogP contribution is 2.27. The number of nitrogens with zero attached hydrogens (tertiary/aromatic N) is 4. The molecule has 0 fully saturated rings. The van der Waals surface area contributed by atoms with Gasteiger partial charge >= 0.3 is 6.18 Å². The monoisotopic (exact) mass is 462 g/mol. The van der Waals surface area contributed by atoms with Crippen molar-refractivity contribution in [2.75, 3.05) is 5.32 Å². The third kappa shape index (κ3) is 6.05. The van der Waals surface area contributed by atoms with Gasteiger partial charge in [0.05, 0.1) is 0 Å². The number of alkyl halides is 3. The molecule has 0 bridgehead atoms. The Labute approximate surface area is 188 Å². The average molecular weight is 462 g/mol. The van der Waals surface area contributed by atoms with Gasteiger partial charge in [0, 0.05) is 36.5 Å². The van der Waals surface area contributed by atoms with Gasteiger partial charge in [0.1, 0.15) is 0 Å². The molecule has 3 rings (SSSR count). The lowest BCUT2D eigenvalue weighted by Crippen LogP contribution is -2.23. The number of carbonyl (C=O) groups is 2. The molecule has 0 saturated carbocycles. The Bertz CT molecular complexity index is 1160. The number of rotatable bonds is 8. The Morgan fingerprint density at radius 2 is 1.73 bits per heavy atom. The molecule has 0 aliphatic heterocycles. The highest BCUT2D eigenvalue weighted by Gasteiger charge is 2.36. The second-order valence-electron chi connectivity index (χ2n) is 7.68. The van der Waals surface area contributed by atoms with Crippen molar-refractivity contribution in [3.8, 4) is 0 Å². The third-order valence-electron chi connectivity index (χ3n) is 5.11. The van der Waals surface area contributed by atoms with Crippen LogP contribution in [-0.2, 0) is 28.7 Å². The minimum Gasteiger partial charge on any atom is -0.352 e. The molecule has 33 heavy (non-hydrogen) atoms. The van der Waals surface area contributed by atoms with E-state index in [2.05, 4.69) is 25.7 Å². The predicted molar refractivity (Wildman–Crippen MR) is 115 cm³/mol. The molecular formula is C22H25F3N6O2. The number of halogens is 3. The number of nitrogens with one attached hydrogen (secondary N) is 2. The van der Waals surface area contributed by atoms with Crippen LogP contribution < -0.4 is 10.6 Å². The van der Waals surface area contributed by atoms with Gasteiger partial charge in [0.15, 0.2) is 0 Å². The SMILES string of the molecule is CCCC(=O)Nc1ccc(CNC(=O)CCc2c(C)nc3nc(C(F)(F)F)nn3c2C)cc1. The van der Waals surface area contributed by atoms with Gasteiger partial charge in [-0.3, -0.25) is 9.59 Å². The highest BCUT2D eigenvalue weighted by molar-refractivity contribution is 5.90. The van der Waals surface area contributed by atoms with Crippen LogP contribution >= 0.6 is 0 Å². The number of hydrogen-bond donors (Lipinski definition) is 2. The summed E-state index contributed by atoms with van der Waals surface area (Å²) in [5.74, 6) is -1.62. The molecule has 0 atom stereocenters. The van der Waals surface area contributed by atoms with Crippen LogP contribution in [0.1, 0.15) is 54.5 Å². The molecule has 11 heteroatoms. The quantitative estimate of drug-likeness (QED) is 0.531. The normalized spacial score (nSPS) is 11.6. The summed E-state index contributed by atoms with van der Waals surface area (Å²) >= 11 is 0. The van der Waals surface area contributed by atoms with Crippen LogP contribution in [0.2, 0.25) is 0 Å². The van der Waals surface area contributed by atoms with Gasteiger partial charge in [0.25, 0.3) is 11.6 Å². The first kappa shape index (κ1) is 24.1. The molecule has 0 aliphatic carbocycles. The lowest BCUT2D eigenvalue weighted by atomic mass is 10.1. The first-order valence-electron chi connectivity index (χ1n) is 10.5. The Hall–Kier alpha value is -3.50. The minimum atomic E-state index is -4.66. The van der Waals surface area contributed by atoms with Gasteiger partial charge in [0.2, 0.25) is 11.8 Å². The lowest BCUT2D eigenvalue weighted by Gasteiger charge is -2.11. The number of hydrogen-bond acceptors (Lipinski definition) is 5.